The summed E-state index contributed by atoms with van der Waals surface area (Å²) in [6, 6.07) is 61.2. The maximum absolute atomic E-state index is 12.4. The summed E-state index contributed by atoms with van der Waals surface area (Å²) in [6.07, 6.45) is 11.5. The molecule has 4 aliphatic carbocycles. The van der Waals surface area contributed by atoms with Gasteiger partial charge in [0.2, 0.25) is 50.0 Å². The second-order valence-corrected chi connectivity index (χ2v) is 34.4. The fourth-order valence-corrected chi connectivity index (χ4v) is 14.4. The molecule has 38 heteroatoms. The summed E-state index contributed by atoms with van der Waals surface area (Å²) in [5.41, 5.74) is 36.2. The molecule has 2 aromatic heterocycles. The molecule has 4 fully saturated rings. The van der Waals surface area contributed by atoms with Crippen LogP contribution < -0.4 is 38.3 Å². The number of hydrogen-bond acceptors (Lipinski definition) is 17. The number of nitrogens with one attached hydrogen (secondary N) is 5. The first-order chi connectivity index (χ1) is 61.2. The Kier molecular flexibility index (Phi) is 69.7. The minimum atomic E-state index is -0.508. The van der Waals surface area contributed by atoms with Crippen LogP contribution in [0, 0.1) is 91.4 Å². The number of rotatable bonds is 21. The van der Waals surface area contributed by atoms with Gasteiger partial charge in [-0.1, -0.05) is 156 Å². The van der Waals surface area contributed by atoms with Crippen molar-refractivity contribution in [2.24, 2.45) is 5.34 Å². The zero-order valence-corrected chi connectivity index (χ0v) is 95.2. The number of benzene rings is 8. The molecule has 5 amide bonds. The number of thiol groups is 1. The van der Waals surface area contributed by atoms with Crippen LogP contribution in [0.3, 0.4) is 0 Å². The quantitative estimate of drug-likeness (QED) is 0.00308. The molecule has 129 heavy (non-hydrogen) atoms. The first-order valence-electron chi connectivity index (χ1n) is 41.4. The Morgan fingerprint density at radius 1 is 0.543 bits per heavy atom. The molecule has 4 aliphatic rings. The van der Waals surface area contributed by atoms with Crippen LogP contribution in [-0.2, 0) is 28.8 Å². The number of aromatic nitrogens is 6. The van der Waals surface area contributed by atoms with E-state index in [1.54, 1.807) is 0 Å². The minimum Gasteiger partial charge on any atom is -0.0622 e. The molecular formula is C91H118BBr3Cl5N15Na2O8S3U. The molecule has 2 radical (unpaired) electrons. The summed E-state index contributed by atoms with van der Waals surface area (Å²) in [7, 11) is 3.75. The van der Waals surface area contributed by atoms with E-state index in [2.05, 4.69) is 255 Å². The average Bonchev–Trinajstić information content (AvgIpc) is 1.67. The summed E-state index contributed by atoms with van der Waals surface area (Å²) in [5, 5.41) is 33.0. The number of hydrazine groups is 1. The van der Waals surface area contributed by atoms with Gasteiger partial charge in [0.05, 0.1) is 34.1 Å². The van der Waals surface area contributed by atoms with Gasteiger partial charge in [0.15, 0.2) is 10.5 Å². The predicted octanol–water partition coefficient (Wildman–Crippen LogP) is 21.9. The summed E-state index contributed by atoms with van der Waals surface area (Å²) in [6.45, 7) is 28.4. The number of amides is 5. The molecule has 688 valence electrons. The standard InChI is InChI=1S/C21H21BrN4OS.C11H9Br2N3.C10H12ClNO.C10H13NOS.C9H11N.C9H10.C8H11N.C8H19N.C2H2Cl2O.C2H4N2O2.CH2Cl2.BH.HNO2.2Na.H2S.U/c1-13-3-10-18(14(2)11-13)23-19(27)12-28-21-25-24-20(22)26(21)17-8-6-16(7-9-17)15-4-5-15;12-10-14-15-11(13)16(10)9-5-3-8(4-6-9)7-1-2-7;1-7-3-4-9(8(2)5-7)12-10(13)6-11;1-7-3-4-9(8(2)5-7)11-10(12)6-13;10-9-5-3-8(4-6-9)7-1-2-7;1-2-4-8(5-3-1)9-6-7-9;1-6-3-4-8(9)7(2)5-6;1-6-9(7(2)3)8(4)5;3-1-2(4)5;5-1-3-4-2-6;2-1-3;;2-1-3;;;;/h3,6-11,15H,4-5,12H2,1-2H3,(H,23,27);3-7H,1-2H2;3-5H,6H2,1-2H3,(H,12,13);3-5,13H,6H2,1-2H3,(H,11,12);3-7H,1-2,10H2;1-5,9H,6-7H2;3-5H,9H2,1-2H3;7-8H,6H2,1-5H3;1H2;1-2H,(H,3,5)(H,4,6);1H2;1H;(H,2,3);;;1H2;/i;;;;;;;;;;;1D;;;;;. The Balaban J connectivity index is 0. The normalized spacial score (nSPS) is 11.8. The van der Waals surface area contributed by atoms with Gasteiger partial charge in [-0.2, -0.15) is 26.1 Å². The van der Waals surface area contributed by atoms with E-state index in [-0.39, 0.29) is 90.9 Å². The van der Waals surface area contributed by atoms with E-state index in [1.807, 2.05) is 141 Å². The van der Waals surface area contributed by atoms with Crippen molar-refractivity contribution in [1.82, 2.24) is 45.3 Å². The van der Waals surface area contributed by atoms with E-state index >= 15 is 0 Å². The molecule has 0 spiro atoms. The third-order valence-electron chi connectivity index (χ3n) is 18.4. The van der Waals surface area contributed by atoms with Crippen molar-refractivity contribution in [2.45, 2.75) is 182 Å². The van der Waals surface area contributed by atoms with E-state index in [0.29, 0.717) is 44.3 Å². The van der Waals surface area contributed by atoms with Gasteiger partial charge in [0, 0.05) is 80.0 Å². The number of nitrogens with zero attached hydrogens (tertiary/aromatic N) is 8. The SMILES string of the molecule is Brc1nnc(Br)n1-c1ccc(C2CC2)cc1.CCN(C(C)C)C(C)C.Cc1ccc(N)c(C)c1.Cc1ccc(NC(=O)CCl)c(C)c1.Cc1ccc(NC(=O)CS)c(C)c1.Cc1ccc(NC(=O)CSc2nnc(Br)n2-c2ccc(C3CC3)cc2)c(C)c1.ClCCl.Nc1ccc(C2CC2)cc1.O=C(Cl)CCl.O=CNNC=O.O=NO.S.[2H][B].[Na][Na].[U].c1ccc(C2CC2)cc1. The molecule has 4 saturated carbocycles. The van der Waals surface area contributed by atoms with Gasteiger partial charge in [-0.25, -0.2) is 0 Å². The molecule has 0 bridgehead atoms. The van der Waals surface area contributed by atoms with Crippen molar-refractivity contribution in [1.29, 1.82) is 1.34 Å². The zero-order chi connectivity index (χ0) is 96.4. The summed E-state index contributed by atoms with van der Waals surface area (Å²) in [4.78, 5) is 72.9. The number of aryl methyl sites for hydroxylation is 8. The predicted molar refractivity (Wildman–Crippen MR) is 556 cm³/mol. The number of thioether (sulfide) groups is 1. The third kappa shape index (κ3) is 53.8. The van der Waals surface area contributed by atoms with Crippen LogP contribution in [0.15, 0.2) is 201 Å². The Hall–Kier alpha value is -4.92. The number of anilines is 5. The Morgan fingerprint density at radius 3 is 1.15 bits per heavy atom. The molecule has 23 nitrogen and oxygen atoms in total. The molecule has 2 heterocycles. The fourth-order valence-electron chi connectivity index (χ4n) is 11.7. The van der Waals surface area contributed by atoms with Crippen LogP contribution in [0.5, 0.6) is 0 Å². The average molecular weight is 2360 g/mol. The monoisotopic (exact) mass is 2350 g/mol. The number of carbonyl (C=O) groups is 6. The van der Waals surface area contributed by atoms with Crippen molar-refractivity contribution in [3.8, 4) is 11.4 Å². The third-order valence-corrected chi connectivity index (χ3v) is 21.9. The van der Waals surface area contributed by atoms with Gasteiger partial charge in [-0.15, -0.1) is 71.7 Å². The van der Waals surface area contributed by atoms with Crippen molar-refractivity contribution < 1.29 is 65.1 Å². The van der Waals surface area contributed by atoms with E-state index in [1.165, 1.54) is 157 Å². The van der Waals surface area contributed by atoms with Gasteiger partial charge < -0.3 is 32.6 Å². The Bertz CT molecular complexity index is 4800. The van der Waals surface area contributed by atoms with Crippen LogP contribution in [0.1, 0.15) is 176 Å². The van der Waals surface area contributed by atoms with E-state index < -0.39 is 5.24 Å². The molecule has 0 aliphatic heterocycles. The van der Waals surface area contributed by atoms with E-state index in [0.717, 1.165) is 92.3 Å². The topological polar surface area (TPSA) is 329 Å². The maximum atomic E-state index is 12.4. The molecule has 0 unspecified atom stereocenters. The smallest absolute Gasteiger partial charge is 0 e. The fraction of sp³-hybridized carbons (Fsp3) is 0.363. The van der Waals surface area contributed by atoms with Crippen LogP contribution in [0.4, 0.5) is 28.4 Å². The zero-order valence-electron chi connectivity index (χ0n) is 76.8. The van der Waals surface area contributed by atoms with Gasteiger partial charge in [-0.05, 0) is 331 Å². The summed E-state index contributed by atoms with van der Waals surface area (Å²) >= 11 is 42.8. The van der Waals surface area contributed by atoms with Crippen molar-refractivity contribution >= 4 is 260 Å². The van der Waals surface area contributed by atoms with Crippen LogP contribution >= 0.6 is 144 Å². The molecular weight excluding hydrogens is 2240 g/mol. The van der Waals surface area contributed by atoms with Crippen LogP contribution in [0.25, 0.3) is 11.4 Å². The number of hydrogen-bond donors (Lipinski definition) is 9. The molecule has 10 N–H and O–H groups in total. The molecule has 0 atom stereocenters. The van der Waals surface area contributed by atoms with Crippen LogP contribution in [-0.4, -0.2) is 176 Å². The number of alkyl halides is 4. The second kappa shape index (κ2) is 72.5. The molecule has 14 rings (SSSR count). The number of nitrogen functional groups attached to an aromatic ring is 2. The summed E-state index contributed by atoms with van der Waals surface area (Å²) < 4.78 is 11.1. The van der Waals surface area contributed by atoms with Gasteiger partial charge in [0.1, 0.15) is 5.88 Å². The van der Waals surface area contributed by atoms with E-state index in [4.69, 9.17) is 80.9 Å². The van der Waals surface area contributed by atoms with E-state index in [9.17, 15) is 28.8 Å². The largest absolute Gasteiger partial charge is 0.0622 e. The van der Waals surface area contributed by atoms with Crippen molar-refractivity contribution in [3.05, 3.63) is 262 Å². The van der Waals surface area contributed by atoms with Crippen molar-refractivity contribution in [2.75, 3.05) is 62.6 Å². The second-order valence-electron chi connectivity index (χ2n) is 29.3. The van der Waals surface area contributed by atoms with Gasteiger partial charge in [0.25, 0.3) is 0 Å². The number of nitrogens with two attached hydrogens (primary N) is 2. The van der Waals surface area contributed by atoms with Gasteiger partial charge >= 0.3 is 43.6 Å². The first-order valence-corrected chi connectivity index (χ1v) is 55.4. The Labute approximate surface area is 884 Å². The van der Waals surface area contributed by atoms with Crippen LogP contribution in [0.2, 0.25) is 0 Å². The van der Waals surface area contributed by atoms with Gasteiger partial charge in [-0.3, -0.25) is 53.7 Å². The van der Waals surface area contributed by atoms with Crippen molar-refractivity contribution in [3.63, 3.8) is 0 Å². The maximum Gasteiger partial charge on any atom is 0 e. The number of halogens is 8. The summed E-state index contributed by atoms with van der Waals surface area (Å²) in [5.74, 6) is 3.34. The Morgan fingerprint density at radius 2 is 0.853 bits per heavy atom. The first kappa shape index (κ1) is 124. The molecule has 10 aromatic rings. The minimum absolute atomic E-state index is 0. The molecule has 0 saturated heterocycles. The molecule has 8 aromatic carbocycles. The number of carbonyl (C=O) groups excluding carboxylic acids is 6.